The average molecular weight is 467 g/mol. The van der Waals surface area contributed by atoms with E-state index in [1.807, 2.05) is 76.2 Å². The SMILES string of the molecule is CC(C)(C)OOC(C)(C)CC(CC(C)(CCC(C)(C)OO)OO)C(C)(C)OOC(C)(C)C. The van der Waals surface area contributed by atoms with Crippen LogP contribution in [0.2, 0.25) is 0 Å². The lowest BCUT2D eigenvalue weighted by molar-refractivity contribution is -0.422. The Labute approximate surface area is 195 Å². The maximum atomic E-state index is 9.81. The molecule has 0 spiro atoms. The fraction of sp³-hybridized carbons (Fsp3) is 1.00. The minimum atomic E-state index is -0.913. The van der Waals surface area contributed by atoms with Crippen molar-refractivity contribution in [1.82, 2.24) is 0 Å². The minimum absolute atomic E-state index is 0.154. The molecule has 0 aliphatic carbocycles. The fourth-order valence-corrected chi connectivity index (χ4v) is 3.05. The molecule has 2 N–H and O–H groups in total. The van der Waals surface area contributed by atoms with Crippen LogP contribution >= 0.6 is 0 Å². The molecule has 0 radical (unpaired) electrons. The van der Waals surface area contributed by atoms with Crippen LogP contribution in [0.25, 0.3) is 0 Å². The van der Waals surface area contributed by atoms with Crippen molar-refractivity contribution in [3.8, 4) is 0 Å². The first kappa shape index (κ1) is 31.7. The van der Waals surface area contributed by atoms with Gasteiger partial charge in [-0.1, -0.05) is 0 Å². The average Bonchev–Trinajstić information content (AvgIpc) is 2.62. The summed E-state index contributed by atoms with van der Waals surface area (Å²) in [5.74, 6) is -0.154. The van der Waals surface area contributed by atoms with Crippen molar-refractivity contribution in [2.75, 3.05) is 0 Å². The van der Waals surface area contributed by atoms with E-state index in [0.29, 0.717) is 25.7 Å². The highest BCUT2D eigenvalue weighted by molar-refractivity contribution is 4.91. The molecule has 0 rings (SSSR count). The Kier molecular flexibility index (Phi) is 11.3. The molecule has 0 saturated heterocycles. The van der Waals surface area contributed by atoms with E-state index in [4.69, 9.17) is 29.7 Å². The van der Waals surface area contributed by atoms with Gasteiger partial charge in [0.2, 0.25) is 0 Å². The highest BCUT2D eigenvalue weighted by Crippen LogP contribution is 2.40. The molecule has 0 aromatic rings. The third-order valence-electron chi connectivity index (χ3n) is 5.15. The van der Waals surface area contributed by atoms with Crippen LogP contribution in [0.15, 0.2) is 0 Å². The van der Waals surface area contributed by atoms with Crippen LogP contribution < -0.4 is 0 Å². The van der Waals surface area contributed by atoms with Crippen molar-refractivity contribution >= 4 is 0 Å². The Morgan fingerprint density at radius 2 is 1.00 bits per heavy atom. The van der Waals surface area contributed by atoms with E-state index in [1.54, 1.807) is 13.8 Å². The molecule has 0 fully saturated rings. The summed E-state index contributed by atoms with van der Waals surface area (Å²) in [7, 11) is 0. The Morgan fingerprint density at radius 1 is 0.531 bits per heavy atom. The van der Waals surface area contributed by atoms with E-state index in [9.17, 15) is 5.26 Å². The van der Waals surface area contributed by atoms with Crippen LogP contribution in [0.1, 0.15) is 116 Å². The van der Waals surface area contributed by atoms with Crippen molar-refractivity contribution < 1.29 is 39.8 Å². The molecule has 8 heteroatoms. The standard InChI is InChI=1S/C24H50O8/c1-19(2,3)29-31-22(9,10)16-18(23(11,12)32-30-20(4,5)6)17-24(13,28-26)15-14-21(7,8)27-25/h18,25-26H,14-17H2,1-13H3. The van der Waals surface area contributed by atoms with Crippen molar-refractivity contribution in [2.24, 2.45) is 5.92 Å². The molecule has 32 heavy (non-hydrogen) atoms. The van der Waals surface area contributed by atoms with E-state index in [2.05, 4.69) is 4.89 Å². The molecule has 0 aliphatic rings. The summed E-state index contributed by atoms with van der Waals surface area (Å²) in [6.45, 7) is 24.7. The van der Waals surface area contributed by atoms with Gasteiger partial charge in [0.25, 0.3) is 0 Å². The third kappa shape index (κ3) is 13.4. The zero-order valence-electron chi connectivity index (χ0n) is 22.7. The summed E-state index contributed by atoms with van der Waals surface area (Å²) in [6.07, 6.45) is 1.90. The summed E-state index contributed by atoms with van der Waals surface area (Å²) in [6, 6.07) is 0. The van der Waals surface area contributed by atoms with Gasteiger partial charge < -0.3 is 0 Å². The quantitative estimate of drug-likeness (QED) is 0.215. The van der Waals surface area contributed by atoms with Gasteiger partial charge in [-0.3, -0.25) is 10.5 Å². The molecule has 194 valence electrons. The summed E-state index contributed by atoms with van der Waals surface area (Å²) < 4.78 is 0. The van der Waals surface area contributed by atoms with Gasteiger partial charge >= 0.3 is 0 Å². The molecular weight excluding hydrogens is 416 g/mol. The van der Waals surface area contributed by atoms with Crippen LogP contribution in [0.3, 0.4) is 0 Å². The topological polar surface area (TPSA) is 95.8 Å². The monoisotopic (exact) mass is 466 g/mol. The number of hydrogen-bond donors (Lipinski definition) is 2. The molecule has 8 nitrogen and oxygen atoms in total. The lowest BCUT2D eigenvalue weighted by Crippen LogP contribution is -2.46. The molecule has 0 aromatic carbocycles. The Morgan fingerprint density at radius 3 is 1.41 bits per heavy atom. The molecule has 0 bridgehead atoms. The lowest BCUT2D eigenvalue weighted by Gasteiger charge is -2.42. The van der Waals surface area contributed by atoms with E-state index in [-0.39, 0.29) is 5.92 Å². The van der Waals surface area contributed by atoms with Crippen LogP contribution in [-0.2, 0) is 29.3 Å². The van der Waals surface area contributed by atoms with Crippen molar-refractivity contribution in [2.45, 2.75) is 149 Å². The van der Waals surface area contributed by atoms with Crippen molar-refractivity contribution in [1.29, 1.82) is 0 Å². The number of rotatable bonds is 14. The highest BCUT2D eigenvalue weighted by Gasteiger charge is 2.43. The summed E-state index contributed by atoms with van der Waals surface area (Å²) >= 11 is 0. The summed E-state index contributed by atoms with van der Waals surface area (Å²) in [5.41, 5.74) is -4.00. The maximum Gasteiger partial charge on any atom is 0.101 e. The van der Waals surface area contributed by atoms with Gasteiger partial charge in [0.05, 0.1) is 22.4 Å². The largest absolute Gasteiger partial charge is 0.251 e. The Hall–Kier alpha value is -0.320. The van der Waals surface area contributed by atoms with Crippen LogP contribution in [-0.4, -0.2) is 44.1 Å². The lowest BCUT2D eigenvalue weighted by atomic mass is 9.74. The molecule has 0 amide bonds. The van der Waals surface area contributed by atoms with Crippen LogP contribution in [0, 0.1) is 5.92 Å². The molecule has 0 aliphatic heterocycles. The van der Waals surface area contributed by atoms with Crippen LogP contribution in [0.4, 0.5) is 0 Å². The van der Waals surface area contributed by atoms with Gasteiger partial charge in [0, 0.05) is 0 Å². The van der Waals surface area contributed by atoms with Crippen LogP contribution in [0.5, 0.6) is 0 Å². The smallest absolute Gasteiger partial charge is 0.101 e. The van der Waals surface area contributed by atoms with Gasteiger partial charge in [-0.2, -0.15) is 0 Å². The molecule has 2 unspecified atom stereocenters. The van der Waals surface area contributed by atoms with Gasteiger partial charge in [-0.15, -0.1) is 0 Å². The normalized spacial score (nSPS) is 17.3. The third-order valence-corrected chi connectivity index (χ3v) is 5.15. The van der Waals surface area contributed by atoms with Gasteiger partial charge in [-0.25, -0.2) is 29.3 Å². The van der Waals surface area contributed by atoms with Gasteiger partial charge in [-0.05, 0) is 122 Å². The molecular formula is C24H50O8. The first-order valence-corrected chi connectivity index (χ1v) is 11.4. The van der Waals surface area contributed by atoms with Gasteiger partial charge in [0.1, 0.15) is 11.2 Å². The minimum Gasteiger partial charge on any atom is -0.251 e. The molecule has 0 saturated carbocycles. The number of hydrogen-bond acceptors (Lipinski definition) is 8. The molecule has 0 heterocycles. The predicted octanol–water partition coefficient (Wildman–Crippen LogP) is 6.73. The van der Waals surface area contributed by atoms with E-state index in [0.717, 1.165) is 0 Å². The Bertz CT molecular complexity index is 545. The van der Waals surface area contributed by atoms with Crippen molar-refractivity contribution in [3.63, 3.8) is 0 Å². The highest BCUT2D eigenvalue weighted by atomic mass is 17.2. The second-order valence-electron chi connectivity index (χ2n) is 12.9. The van der Waals surface area contributed by atoms with E-state index < -0.39 is 33.6 Å². The first-order valence-electron chi connectivity index (χ1n) is 11.4. The zero-order chi connectivity index (χ0) is 25.6. The van der Waals surface area contributed by atoms with Crippen molar-refractivity contribution in [3.05, 3.63) is 0 Å². The van der Waals surface area contributed by atoms with E-state index in [1.165, 1.54) is 0 Å². The Balaban J connectivity index is 5.73. The predicted molar refractivity (Wildman–Crippen MR) is 124 cm³/mol. The first-order chi connectivity index (χ1) is 14.1. The molecule has 0 aromatic heterocycles. The second-order valence-corrected chi connectivity index (χ2v) is 12.9. The summed E-state index contributed by atoms with van der Waals surface area (Å²) in [5, 5.41) is 18.9. The zero-order valence-corrected chi connectivity index (χ0v) is 22.7. The molecule has 2 atom stereocenters. The van der Waals surface area contributed by atoms with E-state index >= 15 is 0 Å². The fourth-order valence-electron chi connectivity index (χ4n) is 3.05. The maximum absolute atomic E-state index is 9.81. The summed E-state index contributed by atoms with van der Waals surface area (Å²) in [4.78, 5) is 32.5. The van der Waals surface area contributed by atoms with Gasteiger partial charge in [0.15, 0.2) is 0 Å². The second kappa shape index (κ2) is 11.4.